The van der Waals surface area contributed by atoms with Crippen molar-refractivity contribution in [1.82, 2.24) is 10.4 Å². The number of urea groups is 1. The zero-order valence-corrected chi connectivity index (χ0v) is 19.7. The molecule has 7 nitrogen and oxygen atoms in total. The number of ether oxygens (including phenoxy) is 2. The Morgan fingerprint density at radius 1 is 1.00 bits per heavy atom. The highest BCUT2D eigenvalue weighted by atomic mass is 16.7. The first-order valence-corrected chi connectivity index (χ1v) is 11.8. The lowest BCUT2D eigenvalue weighted by atomic mass is 9.90. The van der Waals surface area contributed by atoms with Crippen LogP contribution < -0.4 is 20.3 Å². The minimum absolute atomic E-state index is 0.110. The number of benzene rings is 3. The predicted molar refractivity (Wildman–Crippen MR) is 135 cm³/mol. The van der Waals surface area contributed by atoms with E-state index in [1.54, 1.807) is 7.11 Å². The maximum Gasteiger partial charge on any atom is 0.321 e. The van der Waals surface area contributed by atoms with Crippen LogP contribution in [0, 0.1) is 0 Å². The molecule has 35 heavy (non-hydrogen) atoms. The summed E-state index contributed by atoms with van der Waals surface area (Å²) in [5, 5.41) is 2.98. The van der Waals surface area contributed by atoms with Crippen molar-refractivity contribution in [3.8, 4) is 11.5 Å². The maximum atomic E-state index is 12.8. The number of nitrogens with one attached hydrogen (secondary N) is 2. The predicted octanol–water partition coefficient (Wildman–Crippen LogP) is 5.22. The SMILES string of the molecule is COc1cccc(C2=CC3(CCN(C(=O)Nc4ccc(OCc5ccccc5)cc4)CC3)ON2)c1. The normalized spacial score (nSPS) is 16.4. The molecule has 0 aromatic heterocycles. The van der Waals surface area contributed by atoms with Crippen molar-refractivity contribution in [1.29, 1.82) is 0 Å². The number of rotatable bonds is 6. The summed E-state index contributed by atoms with van der Waals surface area (Å²) in [4.78, 5) is 20.6. The van der Waals surface area contributed by atoms with E-state index >= 15 is 0 Å². The molecule has 0 bridgehead atoms. The second-order valence-electron chi connectivity index (χ2n) is 8.77. The van der Waals surface area contributed by atoms with Crippen molar-refractivity contribution >= 4 is 17.4 Å². The molecule has 2 heterocycles. The number of carbonyl (C=O) groups is 1. The number of amides is 2. The fourth-order valence-corrected chi connectivity index (χ4v) is 4.32. The second kappa shape index (κ2) is 10.1. The molecule has 2 N–H and O–H groups in total. The van der Waals surface area contributed by atoms with Crippen LogP contribution in [0.2, 0.25) is 0 Å². The molecule has 1 saturated heterocycles. The lowest BCUT2D eigenvalue weighted by Crippen LogP contribution is -2.48. The minimum atomic E-state index is -0.410. The third-order valence-corrected chi connectivity index (χ3v) is 6.40. The summed E-state index contributed by atoms with van der Waals surface area (Å²) < 4.78 is 11.1. The maximum absolute atomic E-state index is 12.8. The number of hydroxylamine groups is 1. The number of nitrogens with zero attached hydrogens (tertiary/aromatic N) is 1. The standard InChI is InChI=1S/C28H29N3O4/c1-33-25-9-5-8-22(18-25)26-19-28(35-30-26)14-16-31(17-15-28)27(32)29-23-10-12-24(13-11-23)34-20-21-6-3-2-4-7-21/h2-13,18-19,30H,14-17,20H2,1H3,(H,29,32). The topological polar surface area (TPSA) is 72.1 Å². The van der Waals surface area contributed by atoms with Crippen LogP contribution in [-0.4, -0.2) is 36.7 Å². The Morgan fingerprint density at radius 2 is 1.77 bits per heavy atom. The van der Waals surface area contributed by atoms with Gasteiger partial charge in [-0.15, -0.1) is 0 Å². The van der Waals surface area contributed by atoms with Gasteiger partial charge < -0.3 is 19.7 Å². The van der Waals surface area contributed by atoms with Crippen molar-refractivity contribution in [2.45, 2.75) is 25.0 Å². The molecule has 3 aromatic carbocycles. The van der Waals surface area contributed by atoms with Crippen molar-refractivity contribution in [2.75, 3.05) is 25.5 Å². The van der Waals surface area contributed by atoms with Gasteiger partial charge in [-0.05, 0) is 48.0 Å². The number of carbonyl (C=O) groups excluding carboxylic acids is 1. The Morgan fingerprint density at radius 3 is 2.51 bits per heavy atom. The van der Waals surface area contributed by atoms with Crippen LogP contribution in [0.3, 0.4) is 0 Å². The van der Waals surface area contributed by atoms with Gasteiger partial charge in [0.2, 0.25) is 0 Å². The van der Waals surface area contributed by atoms with Crippen LogP contribution in [-0.2, 0) is 11.4 Å². The molecule has 2 aliphatic rings. The number of methoxy groups -OCH3 is 1. The third-order valence-electron chi connectivity index (χ3n) is 6.40. The molecule has 0 radical (unpaired) electrons. The molecule has 1 fully saturated rings. The fraction of sp³-hybridized carbons (Fsp3) is 0.250. The summed E-state index contributed by atoms with van der Waals surface area (Å²) in [6, 6.07) is 25.2. The molecule has 0 aliphatic carbocycles. The van der Waals surface area contributed by atoms with E-state index in [-0.39, 0.29) is 6.03 Å². The first-order chi connectivity index (χ1) is 17.1. The van der Waals surface area contributed by atoms with Gasteiger partial charge >= 0.3 is 6.03 Å². The highest BCUT2D eigenvalue weighted by Crippen LogP contribution is 2.35. The van der Waals surface area contributed by atoms with Gasteiger partial charge in [-0.3, -0.25) is 10.3 Å². The molecule has 7 heteroatoms. The van der Waals surface area contributed by atoms with Gasteiger partial charge in [0, 0.05) is 37.2 Å². The molecule has 2 amide bonds. The van der Waals surface area contributed by atoms with Crippen molar-refractivity contribution < 1.29 is 19.1 Å². The van der Waals surface area contributed by atoms with E-state index in [0.29, 0.717) is 32.5 Å². The number of anilines is 1. The molecule has 0 unspecified atom stereocenters. The summed E-state index contributed by atoms with van der Waals surface area (Å²) in [6.07, 6.45) is 3.56. The van der Waals surface area contributed by atoms with Gasteiger partial charge in [0.25, 0.3) is 0 Å². The summed E-state index contributed by atoms with van der Waals surface area (Å²) >= 11 is 0. The quantitative estimate of drug-likeness (QED) is 0.516. The van der Waals surface area contributed by atoms with E-state index in [1.807, 2.05) is 83.8 Å². The van der Waals surface area contributed by atoms with E-state index in [1.165, 1.54) is 0 Å². The lowest BCUT2D eigenvalue weighted by molar-refractivity contribution is -0.0634. The highest BCUT2D eigenvalue weighted by Gasteiger charge is 2.40. The first kappa shape index (κ1) is 22.8. The van der Waals surface area contributed by atoms with Crippen LogP contribution in [0.4, 0.5) is 10.5 Å². The molecule has 5 rings (SSSR count). The number of likely N-dealkylation sites (tertiary alicyclic amines) is 1. The molecule has 3 aromatic rings. The molecule has 2 aliphatic heterocycles. The molecule has 0 atom stereocenters. The lowest BCUT2D eigenvalue weighted by Gasteiger charge is -2.36. The fourth-order valence-electron chi connectivity index (χ4n) is 4.32. The van der Waals surface area contributed by atoms with Crippen molar-refractivity contribution in [2.24, 2.45) is 0 Å². The van der Waals surface area contributed by atoms with Gasteiger partial charge in [-0.1, -0.05) is 42.5 Å². The summed E-state index contributed by atoms with van der Waals surface area (Å²) in [5.74, 6) is 1.56. The zero-order chi connectivity index (χ0) is 24.1. The molecular weight excluding hydrogens is 442 g/mol. The summed E-state index contributed by atoms with van der Waals surface area (Å²) in [7, 11) is 1.66. The van der Waals surface area contributed by atoms with Crippen molar-refractivity contribution in [3.63, 3.8) is 0 Å². The van der Waals surface area contributed by atoms with Gasteiger partial charge in [-0.25, -0.2) is 4.79 Å². The highest BCUT2D eigenvalue weighted by molar-refractivity contribution is 5.89. The summed E-state index contributed by atoms with van der Waals surface area (Å²) in [6.45, 7) is 1.72. The second-order valence-corrected chi connectivity index (χ2v) is 8.77. The van der Waals surface area contributed by atoms with Crippen molar-refractivity contribution in [3.05, 3.63) is 96.1 Å². The number of hydrogen-bond donors (Lipinski definition) is 2. The smallest absolute Gasteiger partial charge is 0.321 e. The van der Waals surface area contributed by atoms with E-state index in [9.17, 15) is 4.79 Å². The Labute approximate surface area is 205 Å². The average Bonchev–Trinajstić information content (AvgIpc) is 3.32. The Hall–Kier alpha value is -3.97. The van der Waals surface area contributed by atoms with E-state index < -0.39 is 5.60 Å². The monoisotopic (exact) mass is 471 g/mol. The first-order valence-electron chi connectivity index (χ1n) is 11.8. The average molecular weight is 472 g/mol. The van der Waals surface area contributed by atoms with Crippen LogP contribution in [0.5, 0.6) is 11.5 Å². The largest absolute Gasteiger partial charge is 0.497 e. The molecule has 0 saturated carbocycles. The van der Waals surface area contributed by atoms with Gasteiger partial charge in [-0.2, -0.15) is 0 Å². The minimum Gasteiger partial charge on any atom is -0.497 e. The van der Waals surface area contributed by atoms with Crippen LogP contribution in [0.1, 0.15) is 24.0 Å². The van der Waals surface area contributed by atoms with E-state index in [0.717, 1.165) is 34.0 Å². The van der Waals surface area contributed by atoms with Gasteiger partial charge in [0.15, 0.2) is 0 Å². The van der Waals surface area contributed by atoms with E-state index in [2.05, 4.69) is 16.9 Å². The number of piperidine rings is 1. The Balaban J connectivity index is 1.13. The van der Waals surface area contributed by atoms with E-state index in [4.69, 9.17) is 14.3 Å². The molecular formula is C28H29N3O4. The molecule has 1 spiro atoms. The van der Waals surface area contributed by atoms with Crippen LogP contribution in [0.25, 0.3) is 5.70 Å². The zero-order valence-electron chi connectivity index (χ0n) is 19.7. The number of hydrogen-bond acceptors (Lipinski definition) is 5. The Kier molecular flexibility index (Phi) is 6.59. The van der Waals surface area contributed by atoms with Gasteiger partial charge in [0.1, 0.15) is 23.7 Å². The van der Waals surface area contributed by atoms with Gasteiger partial charge in [0.05, 0.1) is 12.8 Å². The third kappa shape index (κ3) is 5.41. The van der Waals surface area contributed by atoms with Crippen LogP contribution >= 0.6 is 0 Å². The summed E-state index contributed by atoms with van der Waals surface area (Å²) in [5.41, 5.74) is 6.45. The van der Waals surface area contributed by atoms with Crippen LogP contribution in [0.15, 0.2) is 84.9 Å². The molecule has 180 valence electrons. The Bertz CT molecular complexity index is 1190.